The van der Waals surface area contributed by atoms with E-state index in [4.69, 9.17) is 4.74 Å². The van der Waals surface area contributed by atoms with Crippen LogP contribution in [0.15, 0.2) is 12.2 Å². The zero-order valence-electron chi connectivity index (χ0n) is 7.82. The van der Waals surface area contributed by atoms with Gasteiger partial charge in [-0.1, -0.05) is 12.2 Å². The highest BCUT2D eigenvalue weighted by Gasteiger charge is 2.36. The van der Waals surface area contributed by atoms with Crippen molar-refractivity contribution in [1.82, 2.24) is 5.32 Å². The van der Waals surface area contributed by atoms with Crippen LogP contribution in [-0.4, -0.2) is 25.7 Å². The van der Waals surface area contributed by atoms with Crippen LogP contribution < -0.4 is 5.32 Å². The van der Waals surface area contributed by atoms with Crippen LogP contribution in [0.4, 0.5) is 0 Å². The Morgan fingerprint density at radius 3 is 2.92 bits per heavy atom. The molecule has 2 aliphatic rings. The molecule has 0 aromatic rings. The molecule has 2 rings (SSSR count). The van der Waals surface area contributed by atoms with Crippen molar-refractivity contribution >= 4 is 5.91 Å². The molecule has 3 unspecified atom stereocenters. The third-order valence-electron chi connectivity index (χ3n) is 2.90. The Bertz CT molecular complexity index is 237. The maximum Gasteiger partial charge on any atom is 0.246 e. The SMILES string of the molecule is COCC(=O)NC1CC2C=CC1C2. The predicted molar refractivity (Wildman–Crippen MR) is 49.2 cm³/mol. The monoisotopic (exact) mass is 181 g/mol. The molecular formula is C10H15NO2. The van der Waals surface area contributed by atoms with Crippen LogP contribution >= 0.6 is 0 Å². The zero-order valence-corrected chi connectivity index (χ0v) is 7.82. The van der Waals surface area contributed by atoms with Gasteiger partial charge in [0.2, 0.25) is 5.91 Å². The van der Waals surface area contributed by atoms with Crippen LogP contribution in [-0.2, 0) is 9.53 Å². The molecule has 0 aromatic carbocycles. The van der Waals surface area contributed by atoms with E-state index in [9.17, 15) is 4.79 Å². The lowest BCUT2D eigenvalue weighted by Gasteiger charge is -2.19. The summed E-state index contributed by atoms with van der Waals surface area (Å²) in [5.41, 5.74) is 0. The van der Waals surface area contributed by atoms with Crippen LogP contribution in [0.3, 0.4) is 0 Å². The number of carbonyl (C=O) groups is 1. The highest BCUT2D eigenvalue weighted by molar-refractivity contribution is 5.77. The van der Waals surface area contributed by atoms with Crippen molar-refractivity contribution in [3.05, 3.63) is 12.2 Å². The normalized spacial score (nSPS) is 35.3. The number of nitrogens with one attached hydrogen (secondary N) is 1. The summed E-state index contributed by atoms with van der Waals surface area (Å²) in [5, 5.41) is 3.00. The molecule has 1 amide bonds. The van der Waals surface area contributed by atoms with Crippen LogP contribution in [0.5, 0.6) is 0 Å². The minimum atomic E-state index is 0.00782. The lowest BCUT2D eigenvalue weighted by Crippen LogP contribution is -2.39. The number of amides is 1. The molecule has 1 saturated carbocycles. The first-order valence-corrected chi connectivity index (χ1v) is 4.76. The van der Waals surface area contributed by atoms with Crippen molar-refractivity contribution in [2.24, 2.45) is 11.8 Å². The van der Waals surface area contributed by atoms with E-state index in [0.717, 1.165) is 6.42 Å². The van der Waals surface area contributed by atoms with Gasteiger partial charge in [0.15, 0.2) is 0 Å². The van der Waals surface area contributed by atoms with Gasteiger partial charge in [0.25, 0.3) is 0 Å². The van der Waals surface area contributed by atoms with Gasteiger partial charge in [0, 0.05) is 13.2 Å². The summed E-state index contributed by atoms with van der Waals surface area (Å²) in [6.07, 6.45) is 6.82. The molecule has 3 nitrogen and oxygen atoms in total. The van der Waals surface area contributed by atoms with Crippen LogP contribution in [0.2, 0.25) is 0 Å². The van der Waals surface area contributed by atoms with Gasteiger partial charge < -0.3 is 10.1 Å². The summed E-state index contributed by atoms with van der Waals surface area (Å²) in [4.78, 5) is 11.2. The summed E-state index contributed by atoms with van der Waals surface area (Å²) in [6, 6.07) is 0.359. The van der Waals surface area contributed by atoms with E-state index >= 15 is 0 Å². The molecular weight excluding hydrogens is 166 g/mol. The molecule has 0 heterocycles. The molecule has 2 bridgehead atoms. The average molecular weight is 181 g/mol. The van der Waals surface area contributed by atoms with Crippen molar-refractivity contribution in [2.75, 3.05) is 13.7 Å². The first-order chi connectivity index (χ1) is 6.29. The van der Waals surface area contributed by atoms with Crippen molar-refractivity contribution in [3.63, 3.8) is 0 Å². The maximum absolute atomic E-state index is 11.2. The van der Waals surface area contributed by atoms with E-state index in [1.807, 2.05) is 0 Å². The fourth-order valence-electron chi connectivity index (χ4n) is 2.33. The van der Waals surface area contributed by atoms with E-state index in [0.29, 0.717) is 17.9 Å². The standard InChI is InChI=1S/C10H15NO2/c1-13-6-10(12)11-9-5-7-2-3-8(9)4-7/h2-3,7-9H,4-6H2,1H3,(H,11,12). The summed E-state index contributed by atoms with van der Waals surface area (Å²) < 4.78 is 4.76. The number of rotatable bonds is 3. The Balaban J connectivity index is 1.83. The van der Waals surface area contributed by atoms with E-state index in [2.05, 4.69) is 17.5 Å². The number of hydrogen-bond acceptors (Lipinski definition) is 2. The van der Waals surface area contributed by atoms with E-state index in [1.165, 1.54) is 6.42 Å². The van der Waals surface area contributed by atoms with Gasteiger partial charge in [-0.2, -0.15) is 0 Å². The van der Waals surface area contributed by atoms with Crippen molar-refractivity contribution < 1.29 is 9.53 Å². The third kappa shape index (κ3) is 1.75. The molecule has 1 N–H and O–H groups in total. The number of fused-ring (bicyclic) bond motifs is 2. The molecule has 13 heavy (non-hydrogen) atoms. The second kappa shape index (κ2) is 3.50. The fourth-order valence-corrected chi connectivity index (χ4v) is 2.33. The number of hydrogen-bond donors (Lipinski definition) is 1. The van der Waals surface area contributed by atoms with Crippen LogP contribution in [0, 0.1) is 11.8 Å². The molecule has 0 saturated heterocycles. The van der Waals surface area contributed by atoms with Gasteiger partial charge in [0.05, 0.1) is 0 Å². The number of ether oxygens (including phenoxy) is 1. The van der Waals surface area contributed by atoms with Gasteiger partial charge in [-0.3, -0.25) is 4.79 Å². The lowest BCUT2D eigenvalue weighted by atomic mass is 10.0. The van der Waals surface area contributed by atoms with Crippen molar-refractivity contribution in [3.8, 4) is 0 Å². The van der Waals surface area contributed by atoms with Crippen LogP contribution in [0.25, 0.3) is 0 Å². The van der Waals surface area contributed by atoms with E-state index in [1.54, 1.807) is 7.11 Å². The average Bonchev–Trinajstić information content (AvgIpc) is 2.65. The minimum absolute atomic E-state index is 0.00782. The Labute approximate surface area is 78.1 Å². The van der Waals surface area contributed by atoms with Gasteiger partial charge >= 0.3 is 0 Å². The predicted octanol–water partition coefficient (Wildman–Crippen LogP) is 0.714. The Hall–Kier alpha value is -0.830. The third-order valence-corrected chi connectivity index (χ3v) is 2.90. The smallest absolute Gasteiger partial charge is 0.246 e. The largest absolute Gasteiger partial charge is 0.375 e. The van der Waals surface area contributed by atoms with Gasteiger partial charge in [-0.05, 0) is 24.7 Å². The molecule has 0 radical (unpaired) electrons. The van der Waals surface area contributed by atoms with Crippen molar-refractivity contribution in [1.29, 1.82) is 0 Å². The summed E-state index contributed by atoms with van der Waals surface area (Å²) in [7, 11) is 1.54. The topological polar surface area (TPSA) is 38.3 Å². The molecule has 0 aromatic heterocycles. The first-order valence-electron chi connectivity index (χ1n) is 4.76. The highest BCUT2D eigenvalue weighted by atomic mass is 16.5. The van der Waals surface area contributed by atoms with Gasteiger partial charge in [-0.25, -0.2) is 0 Å². The fraction of sp³-hybridized carbons (Fsp3) is 0.700. The van der Waals surface area contributed by atoms with E-state index < -0.39 is 0 Å². The molecule has 1 fully saturated rings. The number of methoxy groups -OCH3 is 1. The zero-order chi connectivity index (χ0) is 9.26. The molecule has 0 aliphatic heterocycles. The second-order valence-corrected chi connectivity index (χ2v) is 3.89. The number of allylic oxidation sites excluding steroid dienone is 1. The van der Waals surface area contributed by atoms with Crippen LogP contribution in [0.1, 0.15) is 12.8 Å². The van der Waals surface area contributed by atoms with E-state index in [-0.39, 0.29) is 12.5 Å². The molecule has 0 spiro atoms. The summed E-state index contributed by atoms with van der Waals surface area (Å²) >= 11 is 0. The van der Waals surface area contributed by atoms with Gasteiger partial charge in [0.1, 0.15) is 6.61 Å². The Kier molecular flexibility index (Phi) is 2.36. The maximum atomic E-state index is 11.2. The van der Waals surface area contributed by atoms with Gasteiger partial charge in [-0.15, -0.1) is 0 Å². The lowest BCUT2D eigenvalue weighted by molar-refractivity contribution is -0.125. The molecule has 2 aliphatic carbocycles. The summed E-state index contributed by atoms with van der Waals surface area (Å²) in [6.45, 7) is 0.178. The number of carbonyl (C=O) groups excluding carboxylic acids is 1. The minimum Gasteiger partial charge on any atom is -0.375 e. The molecule has 72 valence electrons. The summed E-state index contributed by atoms with van der Waals surface area (Å²) in [5.74, 6) is 1.29. The Morgan fingerprint density at radius 1 is 1.54 bits per heavy atom. The van der Waals surface area contributed by atoms with Crippen molar-refractivity contribution in [2.45, 2.75) is 18.9 Å². The molecule has 3 atom stereocenters. The Morgan fingerprint density at radius 2 is 2.38 bits per heavy atom. The second-order valence-electron chi connectivity index (χ2n) is 3.89. The quantitative estimate of drug-likeness (QED) is 0.651. The highest BCUT2D eigenvalue weighted by Crippen LogP contribution is 2.38. The first kappa shape index (κ1) is 8.75. The molecule has 3 heteroatoms.